The summed E-state index contributed by atoms with van der Waals surface area (Å²) in [6.07, 6.45) is 3.22. The van der Waals surface area contributed by atoms with Gasteiger partial charge in [-0.15, -0.1) is 0 Å². The SMILES string of the molecule is O=C1Nc2ccccc2C1=C1OCc2cc(CCN3CCC[C@H]3CO)ccc21. The lowest BCUT2D eigenvalue weighted by Crippen LogP contribution is -2.33. The van der Waals surface area contributed by atoms with Crippen molar-refractivity contribution in [3.05, 3.63) is 64.7 Å². The number of fused-ring (bicyclic) bond motifs is 2. The molecule has 0 spiro atoms. The summed E-state index contributed by atoms with van der Waals surface area (Å²) >= 11 is 0. The Morgan fingerprint density at radius 2 is 2.07 bits per heavy atom. The van der Waals surface area contributed by atoms with Crippen LogP contribution in [0.4, 0.5) is 5.69 Å². The minimum atomic E-state index is -0.0998. The van der Waals surface area contributed by atoms with E-state index in [4.69, 9.17) is 4.74 Å². The molecule has 2 N–H and O–H groups in total. The van der Waals surface area contributed by atoms with E-state index in [1.165, 1.54) is 12.0 Å². The zero-order valence-electron chi connectivity index (χ0n) is 15.8. The Bertz CT molecular complexity index is 966. The molecule has 2 aromatic carbocycles. The van der Waals surface area contributed by atoms with Crippen LogP contribution in [0.3, 0.4) is 0 Å². The first kappa shape index (κ1) is 17.5. The fourth-order valence-electron chi connectivity index (χ4n) is 4.59. The molecule has 3 aliphatic rings. The lowest BCUT2D eigenvalue weighted by Gasteiger charge is -2.22. The van der Waals surface area contributed by atoms with Gasteiger partial charge < -0.3 is 15.2 Å². The van der Waals surface area contributed by atoms with E-state index in [-0.39, 0.29) is 12.5 Å². The van der Waals surface area contributed by atoms with Crippen molar-refractivity contribution in [2.75, 3.05) is 25.0 Å². The van der Waals surface area contributed by atoms with Crippen LogP contribution in [0.25, 0.3) is 11.3 Å². The molecule has 0 radical (unpaired) electrons. The minimum absolute atomic E-state index is 0.0998. The summed E-state index contributed by atoms with van der Waals surface area (Å²) < 4.78 is 5.98. The Kier molecular flexibility index (Phi) is 4.41. The molecular weight excluding hydrogens is 352 g/mol. The minimum Gasteiger partial charge on any atom is -0.487 e. The third kappa shape index (κ3) is 2.91. The second-order valence-corrected chi connectivity index (χ2v) is 7.75. The van der Waals surface area contributed by atoms with Crippen molar-refractivity contribution in [2.45, 2.75) is 31.9 Å². The maximum atomic E-state index is 12.5. The molecule has 28 heavy (non-hydrogen) atoms. The van der Waals surface area contributed by atoms with Crippen molar-refractivity contribution in [3.8, 4) is 0 Å². The van der Waals surface area contributed by atoms with E-state index in [1.807, 2.05) is 24.3 Å². The molecule has 144 valence electrons. The molecule has 1 amide bonds. The summed E-state index contributed by atoms with van der Waals surface area (Å²) in [5.74, 6) is 0.584. The normalized spacial score (nSPS) is 23.5. The van der Waals surface area contributed by atoms with Crippen LogP contribution in [0, 0.1) is 0 Å². The molecule has 1 fully saturated rings. The van der Waals surface area contributed by atoms with Gasteiger partial charge in [0.05, 0.1) is 12.2 Å². The number of aliphatic hydroxyl groups excluding tert-OH is 1. The summed E-state index contributed by atoms with van der Waals surface area (Å²) in [6.45, 7) is 2.79. The van der Waals surface area contributed by atoms with Crippen molar-refractivity contribution in [1.82, 2.24) is 4.90 Å². The molecule has 1 saturated heterocycles. The number of carbonyl (C=O) groups is 1. The molecule has 0 saturated carbocycles. The van der Waals surface area contributed by atoms with Gasteiger partial charge in [-0.2, -0.15) is 0 Å². The molecular formula is C23H24N2O3. The summed E-state index contributed by atoms with van der Waals surface area (Å²) in [6, 6.07) is 14.5. The molecule has 5 heteroatoms. The van der Waals surface area contributed by atoms with E-state index in [0.717, 1.165) is 48.3 Å². The summed E-state index contributed by atoms with van der Waals surface area (Å²) in [5, 5.41) is 12.4. The van der Waals surface area contributed by atoms with Gasteiger partial charge in [-0.1, -0.05) is 36.4 Å². The molecule has 1 atom stereocenters. The number of amides is 1. The number of benzene rings is 2. The predicted molar refractivity (Wildman–Crippen MR) is 109 cm³/mol. The Labute approximate surface area is 164 Å². The largest absolute Gasteiger partial charge is 0.487 e. The molecule has 0 aromatic heterocycles. The molecule has 5 rings (SSSR count). The van der Waals surface area contributed by atoms with Crippen LogP contribution in [0.1, 0.15) is 35.1 Å². The van der Waals surface area contributed by atoms with Gasteiger partial charge in [0.1, 0.15) is 12.4 Å². The third-order valence-corrected chi connectivity index (χ3v) is 6.08. The van der Waals surface area contributed by atoms with Gasteiger partial charge in [0, 0.05) is 35.0 Å². The standard InChI is InChI=1S/C23H24N2O3/c26-13-17-4-3-10-25(17)11-9-15-7-8-18-16(12-15)14-28-22(18)21-19-5-1-2-6-20(19)24-23(21)27/h1-2,5-8,12,17,26H,3-4,9-11,13-14H2,(H,24,27)/t17-/m0/s1. The van der Waals surface area contributed by atoms with E-state index >= 15 is 0 Å². The molecule has 0 bridgehead atoms. The molecule has 5 nitrogen and oxygen atoms in total. The van der Waals surface area contributed by atoms with Crippen molar-refractivity contribution in [3.63, 3.8) is 0 Å². The van der Waals surface area contributed by atoms with Gasteiger partial charge in [-0.25, -0.2) is 0 Å². The van der Waals surface area contributed by atoms with Crippen LogP contribution in [0.5, 0.6) is 0 Å². The number of rotatable bonds is 4. The first-order valence-electron chi connectivity index (χ1n) is 9.99. The van der Waals surface area contributed by atoms with Gasteiger partial charge in [-0.3, -0.25) is 9.69 Å². The predicted octanol–water partition coefficient (Wildman–Crippen LogP) is 3.04. The fourth-order valence-corrected chi connectivity index (χ4v) is 4.59. The number of likely N-dealkylation sites (tertiary alicyclic amines) is 1. The Balaban J connectivity index is 1.40. The highest BCUT2D eigenvalue weighted by Gasteiger charge is 2.32. The lowest BCUT2D eigenvalue weighted by atomic mass is 9.98. The number of nitrogens with one attached hydrogen (secondary N) is 1. The monoisotopic (exact) mass is 376 g/mol. The number of nitrogens with zero attached hydrogens (tertiary/aromatic N) is 1. The quantitative estimate of drug-likeness (QED) is 0.806. The Hall–Kier alpha value is -2.63. The fraction of sp³-hybridized carbons (Fsp3) is 0.348. The van der Waals surface area contributed by atoms with Gasteiger partial charge in [0.15, 0.2) is 0 Å². The van der Waals surface area contributed by atoms with Crippen molar-refractivity contribution in [1.29, 1.82) is 0 Å². The summed E-state index contributed by atoms with van der Waals surface area (Å²) in [7, 11) is 0. The average molecular weight is 376 g/mol. The van der Waals surface area contributed by atoms with Gasteiger partial charge >= 0.3 is 0 Å². The number of hydrogen-bond acceptors (Lipinski definition) is 4. The summed E-state index contributed by atoms with van der Waals surface area (Å²) in [4.78, 5) is 14.9. The summed E-state index contributed by atoms with van der Waals surface area (Å²) in [5.41, 5.74) is 5.80. The second kappa shape index (κ2) is 7.08. The zero-order valence-corrected chi connectivity index (χ0v) is 15.8. The zero-order chi connectivity index (χ0) is 19.1. The van der Waals surface area contributed by atoms with E-state index < -0.39 is 0 Å². The number of anilines is 1. The maximum Gasteiger partial charge on any atom is 0.260 e. The van der Waals surface area contributed by atoms with Crippen LogP contribution < -0.4 is 5.32 Å². The van der Waals surface area contributed by atoms with Crippen molar-refractivity contribution >= 4 is 22.9 Å². The molecule has 0 aliphatic carbocycles. The van der Waals surface area contributed by atoms with Crippen LogP contribution >= 0.6 is 0 Å². The molecule has 0 unspecified atom stereocenters. The molecule has 3 aliphatic heterocycles. The maximum absolute atomic E-state index is 12.5. The van der Waals surface area contributed by atoms with Gasteiger partial charge in [0.25, 0.3) is 5.91 Å². The average Bonchev–Trinajstić information content (AvgIpc) is 3.41. The van der Waals surface area contributed by atoms with E-state index in [1.54, 1.807) is 0 Å². The van der Waals surface area contributed by atoms with E-state index in [9.17, 15) is 9.90 Å². The van der Waals surface area contributed by atoms with E-state index in [0.29, 0.717) is 24.0 Å². The van der Waals surface area contributed by atoms with Crippen LogP contribution in [-0.2, 0) is 22.6 Å². The van der Waals surface area contributed by atoms with Crippen molar-refractivity contribution in [2.24, 2.45) is 0 Å². The van der Waals surface area contributed by atoms with Crippen LogP contribution in [-0.4, -0.2) is 41.7 Å². The Morgan fingerprint density at radius 1 is 1.18 bits per heavy atom. The van der Waals surface area contributed by atoms with Crippen LogP contribution in [0.2, 0.25) is 0 Å². The highest BCUT2D eigenvalue weighted by molar-refractivity contribution is 6.36. The number of ether oxygens (including phenoxy) is 1. The third-order valence-electron chi connectivity index (χ3n) is 6.08. The van der Waals surface area contributed by atoms with Gasteiger partial charge in [-0.05, 0) is 37.4 Å². The first-order chi connectivity index (χ1) is 13.7. The molecule has 3 heterocycles. The number of para-hydroxylation sites is 1. The topological polar surface area (TPSA) is 61.8 Å². The van der Waals surface area contributed by atoms with Crippen molar-refractivity contribution < 1.29 is 14.6 Å². The highest BCUT2D eigenvalue weighted by Crippen LogP contribution is 2.41. The second-order valence-electron chi connectivity index (χ2n) is 7.75. The number of aliphatic hydroxyl groups is 1. The van der Waals surface area contributed by atoms with Gasteiger partial charge in [0.2, 0.25) is 0 Å². The highest BCUT2D eigenvalue weighted by atomic mass is 16.5. The molecule has 2 aromatic rings. The van der Waals surface area contributed by atoms with E-state index in [2.05, 4.69) is 28.4 Å². The number of carbonyl (C=O) groups excluding carboxylic acids is 1. The smallest absolute Gasteiger partial charge is 0.260 e. The van der Waals surface area contributed by atoms with Crippen LogP contribution in [0.15, 0.2) is 42.5 Å². The number of hydrogen-bond donors (Lipinski definition) is 2. The Morgan fingerprint density at radius 3 is 2.96 bits per heavy atom. The lowest BCUT2D eigenvalue weighted by molar-refractivity contribution is -0.110. The first-order valence-corrected chi connectivity index (χ1v) is 9.99.